The van der Waals surface area contributed by atoms with Crippen molar-refractivity contribution in [2.75, 3.05) is 6.54 Å². The van der Waals surface area contributed by atoms with Gasteiger partial charge in [0.15, 0.2) is 0 Å². The molecule has 5 heteroatoms. The molecule has 0 saturated heterocycles. The van der Waals surface area contributed by atoms with Crippen molar-refractivity contribution < 1.29 is 9.59 Å². The van der Waals surface area contributed by atoms with Crippen LogP contribution < -0.4 is 5.32 Å². The highest BCUT2D eigenvalue weighted by molar-refractivity contribution is 6.36. The van der Waals surface area contributed by atoms with Crippen LogP contribution in [0.1, 0.15) is 20.3 Å². The zero-order valence-electron chi connectivity index (χ0n) is 15.1. The number of benzene rings is 2. The van der Waals surface area contributed by atoms with Gasteiger partial charge in [-0.2, -0.15) is 0 Å². The van der Waals surface area contributed by atoms with Crippen LogP contribution in [-0.4, -0.2) is 27.8 Å². The van der Waals surface area contributed by atoms with Crippen molar-refractivity contribution in [2.45, 2.75) is 26.8 Å². The van der Waals surface area contributed by atoms with Crippen molar-refractivity contribution in [3.05, 3.63) is 54.6 Å². The number of aromatic nitrogens is 2. The lowest BCUT2D eigenvalue weighted by atomic mass is 10.0. The average Bonchev–Trinajstić information content (AvgIpc) is 3.06. The van der Waals surface area contributed by atoms with Gasteiger partial charge in [-0.3, -0.25) is 9.59 Å². The molecule has 5 nitrogen and oxygen atoms in total. The van der Waals surface area contributed by atoms with Gasteiger partial charge in [-0.15, -0.1) is 0 Å². The van der Waals surface area contributed by atoms with Crippen molar-refractivity contribution in [1.82, 2.24) is 14.9 Å². The van der Waals surface area contributed by atoms with E-state index >= 15 is 0 Å². The molecule has 1 N–H and O–H groups in total. The Morgan fingerprint density at radius 3 is 2.50 bits per heavy atom. The third-order valence-corrected chi connectivity index (χ3v) is 4.59. The summed E-state index contributed by atoms with van der Waals surface area (Å²) in [7, 11) is 0. The SMILES string of the molecule is CC[C@H](C)C(=O)C(=O)NCCn1c(-c2ccccc2)nc2ccccc21. The molecule has 0 bridgehead atoms. The number of imidazole rings is 1. The molecule has 1 heterocycles. The van der Waals surface area contributed by atoms with Gasteiger partial charge in [0, 0.05) is 24.6 Å². The van der Waals surface area contributed by atoms with Gasteiger partial charge >= 0.3 is 0 Å². The van der Waals surface area contributed by atoms with Crippen molar-refractivity contribution in [2.24, 2.45) is 5.92 Å². The van der Waals surface area contributed by atoms with E-state index in [0.29, 0.717) is 19.5 Å². The minimum Gasteiger partial charge on any atom is -0.348 e. The van der Waals surface area contributed by atoms with Crippen molar-refractivity contribution in [3.63, 3.8) is 0 Å². The monoisotopic (exact) mass is 349 g/mol. The molecule has 134 valence electrons. The fourth-order valence-electron chi connectivity index (χ4n) is 2.89. The van der Waals surface area contributed by atoms with E-state index in [2.05, 4.69) is 9.88 Å². The molecule has 1 aromatic heterocycles. The van der Waals surface area contributed by atoms with E-state index in [0.717, 1.165) is 22.4 Å². The first-order chi connectivity index (χ1) is 12.6. The summed E-state index contributed by atoms with van der Waals surface area (Å²) < 4.78 is 2.08. The molecule has 0 saturated carbocycles. The quantitative estimate of drug-likeness (QED) is 0.665. The molecule has 0 fully saturated rings. The van der Waals surface area contributed by atoms with Crippen LogP contribution >= 0.6 is 0 Å². The summed E-state index contributed by atoms with van der Waals surface area (Å²) in [5, 5.41) is 2.74. The number of fused-ring (bicyclic) bond motifs is 1. The molecule has 0 aliphatic rings. The molecule has 3 rings (SSSR count). The Bertz CT molecular complexity index is 915. The number of para-hydroxylation sites is 2. The number of hydrogen-bond acceptors (Lipinski definition) is 3. The zero-order chi connectivity index (χ0) is 18.5. The normalized spacial score (nSPS) is 12.1. The maximum atomic E-state index is 12.0. The number of nitrogens with zero attached hydrogens (tertiary/aromatic N) is 2. The van der Waals surface area contributed by atoms with Gasteiger partial charge in [-0.1, -0.05) is 56.3 Å². The predicted octanol–water partition coefficient (Wildman–Crippen LogP) is 3.43. The van der Waals surface area contributed by atoms with Gasteiger partial charge in [0.2, 0.25) is 5.78 Å². The van der Waals surface area contributed by atoms with Crippen LogP contribution in [0.3, 0.4) is 0 Å². The molecule has 1 atom stereocenters. The summed E-state index contributed by atoms with van der Waals surface area (Å²) in [6, 6.07) is 17.9. The molecule has 1 amide bonds. The maximum absolute atomic E-state index is 12.0. The second kappa shape index (κ2) is 7.95. The fraction of sp³-hybridized carbons (Fsp3) is 0.286. The standard InChI is InChI=1S/C21H23N3O2/c1-3-15(2)19(25)21(26)22-13-14-24-18-12-8-7-11-17(18)23-20(24)16-9-5-4-6-10-16/h4-12,15H,3,13-14H2,1-2H3,(H,22,26)/t15-/m0/s1. The van der Waals surface area contributed by atoms with Gasteiger partial charge in [0.1, 0.15) is 5.82 Å². The maximum Gasteiger partial charge on any atom is 0.287 e. The number of hydrogen-bond donors (Lipinski definition) is 1. The second-order valence-corrected chi connectivity index (χ2v) is 6.37. The molecule has 3 aromatic rings. The van der Waals surface area contributed by atoms with E-state index in [1.54, 1.807) is 6.92 Å². The van der Waals surface area contributed by atoms with Gasteiger partial charge < -0.3 is 9.88 Å². The van der Waals surface area contributed by atoms with E-state index in [9.17, 15) is 9.59 Å². The van der Waals surface area contributed by atoms with Crippen LogP contribution in [0.5, 0.6) is 0 Å². The smallest absolute Gasteiger partial charge is 0.287 e. The molecule has 0 unspecified atom stereocenters. The Balaban J connectivity index is 1.81. The van der Waals surface area contributed by atoms with E-state index < -0.39 is 5.91 Å². The predicted molar refractivity (Wildman–Crippen MR) is 103 cm³/mol. The molecule has 0 aliphatic carbocycles. The minimum atomic E-state index is -0.509. The molecular weight excluding hydrogens is 326 g/mol. The van der Waals surface area contributed by atoms with Gasteiger partial charge in [0.05, 0.1) is 11.0 Å². The van der Waals surface area contributed by atoms with E-state index in [-0.39, 0.29) is 11.7 Å². The first-order valence-electron chi connectivity index (χ1n) is 8.94. The fourth-order valence-corrected chi connectivity index (χ4v) is 2.89. The first-order valence-corrected chi connectivity index (χ1v) is 8.94. The lowest BCUT2D eigenvalue weighted by Crippen LogP contribution is -2.36. The lowest BCUT2D eigenvalue weighted by molar-refractivity contribution is -0.140. The topological polar surface area (TPSA) is 64.0 Å². The summed E-state index contributed by atoms with van der Waals surface area (Å²) in [5.74, 6) is -0.255. The number of amides is 1. The number of Topliss-reactive ketones (excluding diaryl/α,β-unsaturated/α-hetero) is 1. The number of rotatable bonds is 7. The van der Waals surface area contributed by atoms with Crippen LogP contribution in [0.4, 0.5) is 0 Å². The highest BCUT2D eigenvalue weighted by atomic mass is 16.2. The summed E-state index contributed by atoms with van der Waals surface area (Å²) in [5.41, 5.74) is 2.94. The van der Waals surface area contributed by atoms with Crippen molar-refractivity contribution in [1.29, 1.82) is 0 Å². The Hall–Kier alpha value is -2.95. The summed E-state index contributed by atoms with van der Waals surface area (Å²) >= 11 is 0. The molecule has 0 spiro atoms. The number of carbonyl (C=O) groups is 2. The van der Waals surface area contributed by atoms with Crippen LogP contribution in [-0.2, 0) is 16.1 Å². The van der Waals surface area contributed by atoms with Crippen LogP contribution in [0, 0.1) is 5.92 Å². The summed E-state index contributed by atoms with van der Waals surface area (Å²) in [6.45, 7) is 4.60. The Labute approximate surface area is 153 Å². The third-order valence-electron chi connectivity index (χ3n) is 4.59. The van der Waals surface area contributed by atoms with Crippen LogP contribution in [0.15, 0.2) is 54.6 Å². The Morgan fingerprint density at radius 1 is 1.08 bits per heavy atom. The zero-order valence-corrected chi connectivity index (χ0v) is 15.1. The highest BCUT2D eigenvalue weighted by Gasteiger charge is 2.19. The van der Waals surface area contributed by atoms with Gasteiger partial charge in [-0.25, -0.2) is 4.98 Å². The number of nitrogens with one attached hydrogen (secondary N) is 1. The minimum absolute atomic E-state index is 0.246. The Kier molecular flexibility index (Phi) is 5.46. The third kappa shape index (κ3) is 3.67. The number of carbonyl (C=O) groups excluding carboxylic acids is 2. The molecule has 2 aromatic carbocycles. The number of ketones is 1. The molecule has 0 radical (unpaired) electrons. The first kappa shape index (κ1) is 17.9. The summed E-state index contributed by atoms with van der Waals surface area (Å²) in [4.78, 5) is 28.7. The van der Waals surface area contributed by atoms with Gasteiger partial charge in [-0.05, 0) is 18.6 Å². The molecular formula is C21H23N3O2. The van der Waals surface area contributed by atoms with E-state index in [1.165, 1.54) is 0 Å². The van der Waals surface area contributed by atoms with Crippen LogP contribution in [0.25, 0.3) is 22.4 Å². The lowest BCUT2D eigenvalue weighted by Gasteiger charge is -2.11. The van der Waals surface area contributed by atoms with Crippen molar-refractivity contribution >= 4 is 22.7 Å². The highest BCUT2D eigenvalue weighted by Crippen LogP contribution is 2.24. The van der Waals surface area contributed by atoms with Crippen LogP contribution in [0.2, 0.25) is 0 Å². The summed E-state index contributed by atoms with van der Waals surface area (Å²) in [6.07, 6.45) is 0.663. The largest absolute Gasteiger partial charge is 0.348 e. The van der Waals surface area contributed by atoms with Crippen molar-refractivity contribution in [3.8, 4) is 11.4 Å². The molecule has 26 heavy (non-hydrogen) atoms. The Morgan fingerprint density at radius 2 is 1.77 bits per heavy atom. The van der Waals surface area contributed by atoms with E-state index in [4.69, 9.17) is 4.98 Å². The molecule has 0 aliphatic heterocycles. The van der Waals surface area contributed by atoms with Gasteiger partial charge in [0.25, 0.3) is 5.91 Å². The van der Waals surface area contributed by atoms with E-state index in [1.807, 2.05) is 61.5 Å². The second-order valence-electron chi connectivity index (χ2n) is 6.37. The average molecular weight is 349 g/mol.